The Labute approximate surface area is 113 Å². The fourth-order valence-corrected chi connectivity index (χ4v) is 2.24. The monoisotopic (exact) mass is 310 g/mol. The van der Waals surface area contributed by atoms with Crippen molar-refractivity contribution in [3.05, 3.63) is 51.5 Å². The zero-order valence-electron chi connectivity index (χ0n) is 10.1. The zero-order valence-corrected chi connectivity index (χ0v) is 11.7. The summed E-state index contributed by atoms with van der Waals surface area (Å²) in [5, 5.41) is 4.23. The lowest BCUT2D eigenvalue weighted by atomic mass is 10.1. The summed E-state index contributed by atoms with van der Waals surface area (Å²) in [6.07, 6.45) is 0.240. The van der Waals surface area contributed by atoms with Crippen molar-refractivity contribution in [2.75, 3.05) is 0 Å². The zero-order chi connectivity index (χ0) is 13.3. The number of Topliss-reactive ketones (excluding diaryl/α,β-unsaturated/α-hetero) is 1. The van der Waals surface area contributed by atoms with Crippen molar-refractivity contribution >= 4 is 21.7 Å². The molecule has 0 amide bonds. The van der Waals surface area contributed by atoms with Crippen LogP contribution in [0.15, 0.2) is 28.7 Å². The minimum atomic E-state index is -0.343. The molecule has 0 saturated carbocycles. The molecule has 1 aromatic heterocycles. The topological polar surface area (TPSA) is 34.9 Å². The summed E-state index contributed by atoms with van der Waals surface area (Å²) < 4.78 is 15.3. The van der Waals surface area contributed by atoms with E-state index in [4.69, 9.17) is 0 Å². The van der Waals surface area contributed by atoms with Crippen LogP contribution in [-0.4, -0.2) is 15.6 Å². The second-order valence-electron chi connectivity index (χ2n) is 4.08. The van der Waals surface area contributed by atoms with Gasteiger partial charge in [-0.2, -0.15) is 5.10 Å². The predicted octanol–water partition coefficient (Wildman–Crippen LogP) is 3.06. The molecule has 3 nitrogen and oxygen atoms in total. The number of aryl methyl sites for hydroxylation is 2. The highest BCUT2D eigenvalue weighted by molar-refractivity contribution is 9.10. The molecule has 0 unspecified atom stereocenters. The first-order valence-electron chi connectivity index (χ1n) is 5.45. The van der Waals surface area contributed by atoms with Gasteiger partial charge in [0.15, 0.2) is 5.78 Å². The number of hydrogen-bond acceptors (Lipinski definition) is 2. The Morgan fingerprint density at radius 1 is 1.39 bits per heavy atom. The lowest BCUT2D eigenvalue weighted by molar-refractivity contribution is 0.0990. The Kier molecular flexibility index (Phi) is 3.61. The first-order chi connectivity index (χ1) is 8.49. The van der Waals surface area contributed by atoms with Gasteiger partial charge in [0.05, 0.1) is 22.3 Å². The minimum Gasteiger partial charge on any atom is -0.294 e. The first-order valence-corrected chi connectivity index (χ1v) is 6.25. The molecule has 0 bridgehead atoms. The number of rotatable bonds is 3. The Balaban J connectivity index is 2.24. The van der Waals surface area contributed by atoms with E-state index in [2.05, 4.69) is 21.0 Å². The molecule has 0 N–H and O–H groups in total. The second kappa shape index (κ2) is 5.02. The molecular formula is C13H12BrFN2O. The van der Waals surface area contributed by atoms with Gasteiger partial charge in [-0.1, -0.05) is 0 Å². The third-order valence-corrected chi connectivity index (χ3v) is 3.79. The maximum atomic E-state index is 12.8. The van der Waals surface area contributed by atoms with Gasteiger partial charge in [-0.05, 0) is 47.1 Å². The summed E-state index contributed by atoms with van der Waals surface area (Å²) in [6, 6.07) is 5.57. The van der Waals surface area contributed by atoms with Crippen molar-refractivity contribution in [2.45, 2.75) is 13.3 Å². The van der Waals surface area contributed by atoms with Crippen LogP contribution in [0.1, 0.15) is 21.7 Å². The predicted molar refractivity (Wildman–Crippen MR) is 70.1 cm³/mol. The molecule has 94 valence electrons. The highest BCUT2D eigenvalue weighted by Crippen LogP contribution is 2.21. The number of carbonyl (C=O) groups is 1. The molecule has 0 spiro atoms. The molecule has 0 radical (unpaired) electrons. The number of hydrogen-bond donors (Lipinski definition) is 0. The molecule has 1 heterocycles. The van der Waals surface area contributed by atoms with Crippen molar-refractivity contribution < 1.29 is 9.18 Å². The van der Waals surface area contributed by atoms with E-state index in [0.29, 0.717) is 5.56 Å². The smallest absolute Gasteiger partial charge is 0.168 e. The molecule has 0 fully saturated rings. The largest absolute Gasteiger partial charge is 0.294 e. The van der Waals surface area contributed by atoms with Crippen LogP contribution in [0.25, 0.3) is 0 Å². The van der Waals surface area contributed by atoms with E-state index in [9.17, 15) is 9.18 Å². The fraction of sp³-hybridized carbons (Fsp3) is 0.231. The molecule has 0 saturated heterocycles. The van der Waals surface area contributed by atoms with Crippen LogP contribution in [0.4, 0.5) is 4.39 Å². The highest BCUT2D eigenvalue weighted by atomic mass is 79.9. The molecule has 2 rings (SSSR count). The number of aromatic nitrogens is 2. The molecular weight excluding hydrogens is 299 g/mol. The van der Waals surface area contributed by atoms with Crippen molar-refractivity contribution in [1.29, 1.82) is 0 Å². The lowest BCUT2D eigenvalue weighted by Gasteiger charge is -2.03. The summed E-state index contributed by atoms with van der Waals surface area (Å²) in [5.41, 5.74) is 2.17. The van der Waals surface area contributed by atoms with Gasteiger partial charge >= 0.3 is 0 Å². The number of ketones is 1. The van der Waals surface area contributed by atoms with Crippen molar-refractivity contribution in [1.82, 2.24) is 9.78 Å². The normalized spacial score (nSPS) is 10.7. The van der Waals surface area contributed by atoms with Gasteiger partial charge in [0, 0.05) is 12.6 Å². The fourth-order valence-electron chi connectivity index (χ4n) is 1.76. The minimum absolute atomic E-state index is 0.0568. The Bertz CT molecular complexity index is 590. The van der Waals surface area contributed by atoms with E-state index < -0.39 is 0 Å². The Hall–Kier alpha value is -1.49. The summed E-state index contributed by atoms with van der Waals surface area (Å²) in [4.78, 5) is 12.1. The first kappa shape index (κ1) is 13.0. The van der Waals surface area contributed by atoms with Crippen LogP contribution in [0.5, 0.6) is 0 Å². The second-order valence-corrected chi connectivity index (χ2v) is 4.87. The highest BCUT2D eigenvalue weighted by Gasteiger charge is 2.15. The van der Waals surface area contributed by atoms with Crippen LogP contribution in [0.2, 0.25) is 0 Å². The maximum Gasteiger partial charge on any atom is 0.168 e. The maximum absolute atomic E-state index is 12.8. The third-order valence-electron chi connectivity index (χ3n) is 2.76. The van der Waals surface area contributed by atoms with E-state index in [-0.39, 0.29) is 18.0 Å². The quantitative estimate of drug-likeness (QED) is 0.817. The molecule has 0 atom stereocenters. The summed E-state index contributed by atoms with van der Waals surface area (Å²) in [7, 11) is 1.80. The lowest BCUT2D eigenvalue weighted by Crippen LogP contribution is -2.08. The SMILES string of the molecule is Cc1nn(C)c(CC(=O)c2ccc(F)cc2)c1Br. The van der Waals surface area contributed by atoms with Gasteiger partial charge in [-0.3, -0.25) is 9.48 Å². The summed E-state index contributed by atoms with van der Waals surface area (Å²) in [6.45, 7) is 1.87. The van der Waals surface area contributed by atoms with Gasteiger partial charge in [0.25, 0.3) is 0 Å². The molecule has 2 aromatic rings. The molecule has 0 aliphatic rings. The number of carbonyl (C=O) groups excluding carboxylic acids is 1. The number of benzene rings is 1. The summed E-state index contributed by atoms with van der Waals surface area (Å²) in [5.74, 6) is -0.400. The summed E-state index contributed by atoms with van der Waals surface area (Å²) >= 11 is 3.42. The van der Waals surface area contributed by atoms with Crippen LogP contribution in [0.3, 0.4) is 0 Å². The van der Waals surface area contributed by atoms with Gasteiger partial charge in [0.2, 0.25) is 0 Å². The number of nitrogens with zero attached hydrogens (tertiary/aromatic N) is 2. The van der Waals surface area contributed by atoms with E-state index in [1.54, 1.807) is 11.7 Å². The van der Waals surface area contributed by atoms with Crippen LogP contribution >= 0.6 is 15.9 Å². The Morgan fingerprint density at radius 3 is 2.50 bits per heavy atom. The van der Waals surface area contributed by atoms with Gasteiger partial charge in [0.1, 0.15) is 5.82 Å². The van der Waals surface area contributed by atoms with E-state index in [1.165, 1.54) is 24.3 Å². The van der Waals surface area contributed by atoms with E-state index in [0.717, 1.165) is 15.9 Å². The molecule has 5 heteroatoms. The standard InChI is InChI=1S/C13H12BrFN2O/c1-8-13(14)11(17(2)16-8)7-12(18)9-3-5-10(15)6-4-9/h3-6H,7H2,1-2H3. The van der Waals surface area contributed by atoms with Gasteiger partial charge in [-0.25, -0.2) is 4.39 Å². The van der Waals surface area contributed by atoms with E-state index >= 15 is 0 Å². The molecule has 1 aromatic carbocycles. The van der Waals surface area contributed by atoms with Crippen molar-refractivity contribution in [3.8, 4) is 0 Å². The Morgan fingerprint density at radius 2 is 2.00 bits per heavy atom. The van der Waals surface area contributed by atoms with E-state index in [1.807, 2.05) is 6.92 Å². The molecule has 18 heavy (non-hydrogen) atoms. The van der Waals surface area contributed by atoms with Crippen LogP contribution in [-0.2, 0) is 13.5 Å². The van der Waals surface area contributed by atoms with Crippen LogP contribution < -0.4 is 0 Å². The average molecular weight is 311 g/mol. The number of halogens is 2. The average Bonchev–Trinajstić information content (AvgIpc) is 2.57. The molecule has 0 aliphatic heterocycles. The third kappa shape index (κ3) is 2.51. The molecule has 0 aliphatic carbocycles. The van der Waals surface area contributed by atoms with Crippen molar-refractivity contribution in [3.63, 3.8) is 0 Å². The van der Waals surface area contributed by atoms with Gasteiger partial charge in [-0.15, -0.1) is 0 Å². The van der Waals surface area contributed by atoms with Crippen molar-refractivity contribution in [2.24, 2.45) is 7.05 Å². The van der Waals surface area contributed by atoms with Gasteiger partial charge < -0.3 is 0 Å². The van der Waals surface area contributed by atoms with Crippen LogP contribution in [0, 0.1) is 12.7 Å².